The van der Waals surface area contributed by atoms with Crippen molar-refractivity contribution in [2.75, 3.05) is 5.75 Å². The average Bonchev–Trinajstić information content (AvgIpc) is 2.72. The van der Waals surface area contributed by atoms with E-state index in [-0.39, 0.29) is 5.75 Å². The number of ether oxygens (including phenoxy) is 4. The Labute approximate surface area is 183 Å². The van der Waals surface area contributed by atoms with Crippen molar-refractivity contribution in [3.63, 3.8) is 0 Å². The molecule has 4 atom stereocenters. The normalized spacial score (nSPS) is 22.8. The van der Waals surface area contributed by atoms with Crippen LogP contribution in [0.1, 0.15) is 20.8 Å². The molecule has 0 radical (unpaired) electrons. The lowest BCUT2D eigenvalue weighted by molar-refractivity contribution is -0.186. The van der Waals surface area contributed by atoms with Crippen molar-refractivity contribution < 1.29 is 33.3 Å². The number of thioether (sulfide) groups is 1. The molecule has 0 bridgehead atoms. The number of nitrogens with zero attached hydrogens (tertiary/aromatic N) is 2. The van der Waals surface area contributed by atoms with Crippen molar-refractivity contribution in [2.24, 2.45) is 0 Å². The fourth-order valence-corrected chi connectivity index (χ4v) is 4.38. The van der Waals surface area contributed by atoms with Crippen molar-refractivity contribution in [1.29, 1.82) is 0 Å². The number of carbonyl (C=O) groups is 3. The zero-order valence-corrected chi connectivity index (χ0v) is 18.0. The monoisotopic (exact) mass is 446 g/mol. The van der Waals surface area contributed by atoms with E-state index >= 15 is 0 Å². The van der Waals surface area contributed by atoms with Gasteiger partial charge in [0.2, 0.25) is 0 Å². The van der Waals surface area contributed by atoms with Gasteiger partial charge in [0.05, 0.1) is 6.20 Å². The first-order valence-corrected chi connectivity index (χ1v) is 10.5. The minimum Gasteiger partial charge on any atom is -0.473 e. The van der Waals surface area contributed by atoms with Crippen molar-refractivity contribution in [3.05, 3.63) is 43.0 Å². The van der Waals surface area contributed by atoms with Crippen LogP contribution >= 0.6 is 11.8 Å². The van der Waals surface area contributed by atoms with Crippen LogP contribution in [0.25, 0.3) is 11.1 Å². The van der Waals surface area contributed by atoms with E-state index in [9.17, 15) is 14.4 Å². The van der Waals surface area contributed by atoms with Gasteiger partial charge < -0.3 is 18.9 Å². The molecular weight excluding hydrogens is 424 g/mol. The van der Waals surface area contributed by atoms with Gasteiger partial charge in [-0.2, -0.15) is 0 Å². The minimum absolute atomic E-state index is 0.280. The molecule has 3 rings (SSSR count). The molecule has 0 aliphatic carbocycles. The third-order valence-corrected chi connectivity index (χ3v) is 5.52. The van der Waals surface area contributed by atoms with Gasteiger partial charge in [-0.1, -0.05) is 6.07 Å². The van der Waals surface area contributed by atoms with Crippen molar-refractivity contribution in [1.82, 2.24) is 9.97 Å². The fourth-order valence-electron chi connectivity index (χ4n) is 3.17. The molecule has 2 aromatic heterocycles. The predicted octanol–water partition coefficient (Wildman–Crippen LogP) is 2.39. The zero-order chi connectivity index (χ0) is 22.4. The molecule has 3 heterocycles. The molecule has 1 aliphatic heterocycles. The highest BCUT2D eigenvalue weighted by atomic mass is 32.2. The zero-order valence-electron chi connectivity index (χ0n) is 17.2. The van der Waals surface area contributed by atoms with Crippen LogP contribution in [0.4, 0.5) is 0 Å². The molecular formula is C21H22N2O7S. The first-order valence-electron chi connectivity index (χ1n) is 9.49. The Balaban J connectivity index is 1.92. The van der Waals surface area contributed by atoms with Crippen LogP contribution in [0.2, 0.25) is 0 Å². The summed E-state index contributed by atoms with van der Waals surface area (Å²) < 4.78 is 22.3. The lowest BCUT2D eigenvalue weighted by Crippen LogP contribution is -2.55. The van der Waals surface area contributed by atoms with Gasteiger partial charge in [0.15, 0.2) is 23.7 Å². The van der Waals surface area contributed by atoms with Crippen LogP contribution in [0.5, 0.6) is 5.75 Å². The fraction of sp³-hybridized carbons (Fsp3) is 0.381. The van der Waals surface area contributed by atoms with E-state index in [2.05, 4.69) is 9.97 Å². The van der Waals surface area contributed by atoms with E-state index in [1.165, 1.54) is 32.5 Å². The Morgan fingerprint density at radius 3 is 2.23 bits per heavy atom. The summed E-state index contributed by atoms with van der Waals surface area (Å²) in [6, 6.07) is 5.47. The topological polar surface area (TPSA) is 114 Å². The van der Waals surface area contributed by atoms with E-state index in [4.69, 9.17) is 18.9 Å². The largest absolute Gasteiger partial charge is 0.473 e. The second-order valence-corrected chi connectivity index (χ2v) is 7.86. The molecule has 1 aliphatic rings. The second-order valence-electron chi connectivity index (χ2n) is 6.73. The van der Waals surface area contributed by atoms with E-state index < -0.39 is 41.7 Å². The highest BCUT2D eigenvalue weighted by Crippen LogP contribution is 2.37. The molecule has 0 N–H and O–H groups in total. The quantitative estimate of drug-likeness (QED) is 0.484. The van der Waals surface area contributed by atoms with Crippen LogP contribution in [0.15, 0.2) is 43.0 Å². The molecule has 1 saturated heterocycles. The number of esters is 3. The molecule has 0 amide bonds. The molecule has 9 nitrogen and oxygen atoms in total. The Bertz CT molecular complexity index is 940. The van der Waals surface area contributed by atoms with Crippen molar-refractivity contribution in [3.8, 4) is 16.9 Å². The molecule has 0 aromatic carbocycles. The highest BCUT2D eigenvalue weighted by Gasteiger charge is 2.47. The van der Waals surface area contributed by atoms with E-state index in [0.29, 0.717) is 5.75 Å². The van der Waals surface area contributed by atoms with Gasteiger partial charge in [-0.15, -0.1) is 11.8 Å². The number of carbonyl (C=O) groups excluding carboxylic acids is 3. The molecule has 0 spiro atoms. The van der Waals surface area contributed by atoms with Crippen molar-refractivity contribution in [2.45, 2.75) is 44.5 Å². The molecule has 2 aromatic rings. The molecule has 31 heavy (non-hydrogen) atoms. The standard InChI is InChI=1S/C21H22N2O7S/c1-12(24)27-18-11-31-21(20(29-14(3)26)19(18)28-13(2)25)30-17-10-23-8-6-16(17)15-5-4-7-22-9-15/h4-10,18-21H,11H2,1-3H3/t18-,19+,20-,21+/m1/s1. The smallest absolute Gasteiger partial charge is 0.303 e. The summed E-state index contributed by atoms with van der Waals surface area (Å²) >= 11 is 1.28. The number of hydrogen-bond acceptors (Lipinski definition) is 10. The summed E-state index contributed by atoms with van der Waals surface area (Å²) in [7, 11) is 0. The van der Waals surface area contributed by atoms with Gasteiger partial charge in [-0.25, -0.2) is 0 Å². The summed E-state index contributed by atoms with van der Waals surface area (Å²) in [6.45, 7) is 3.73. The number of pyridine rings is 2. The number of hydrogen-bond donors (Lipinski definition) is 0. The molecule has 0 unspecified atom stereocenters. The Kier molecular flexibility index (Phi) is 7.45. The van der Waals surface area contributed by atoms with Crippen LogP contribution < -0.4 is 4.74 Å². The third-order valence-electron chi connectivity index (χ3n) is 4.30. The lowest BCUT2D eigenvalue weighted by atomic mass is 10.1. The van der Waals surface area contributed by atoms with Gasteiger partial charge >= 0.3 is 17.9 Å². The first kappa shape index (κ1) is 22.5. The van der Waals surface area contributed by atoms with Crippen LogP contribution in [-0.2, 0) is 28.6 Å². The number of rotatable bonds is 6. The molecule has 164 valence electrons. The summed E-state index contributed by atoms with van der Waals surface area (Å²) in [4.78, 5) is 43.3. The van der Waals surface area contributed by atoms with E-state index in [1.807, 2.05) is 6.07 Å². The molecule has 10 heteroatoms. The van der Waals surface area contributed by atoms with Gasteiger partial charge in [-0.05, 0) is 12.1 Å². The Hall–Kier alpha value is -3.14. The second kappa shape index (κ2) is 10.3. The van der Waals surface area contributed by atoms with E-state index in [1.54, 1.807) is 36.9 Å². The maximum Gasteiger partial charge on any atom is 0.303 e. The van der Waals surface area contributed by atoms with Gasteiger partial charge in [-0.3, -0.25) is 24.4 Å². The van der Waals surface area contributed by atoms with Gasteiger partial charge in [0.25, 0.3) is 0 Å². The van der Waals surface area contributed by atoms with Gasteiger partial charge in [0.1, 0.15) is 5.75 Å². The predicted molar refractivity (Wildman–Crippen MR) is 111 cm³/mol. The van der Waals surface area contributed by atoms with Crippen LogP contribution in [-0.4, -0.2) is 57.4 Å². The number of aromatic nitrogens is 2. The molecule has 1 fully saturated rings. The van der Waals surface area contributed by atoms with Crippen LogP contribution in [0, 0.1) is 0 Å². The summed E-state index contributed by atoms with van der Waals surface area (Å²) in [5, 5.41) is 0. The highest BCUT2D eigenvalue weighted by molar-refractivity contribution is 7.99. The third kappa shape index (κ3) is 5.94. The first-order chi connectivity index (χ1) is 14.8. The summed E-state index contributed by atoms with van der Waals surface area (Å²) in [6.07, 6.45) is 3.72. The average molecular weight is 446 g/mol. The maximum atomic E-state index is 11.8. The maximum absolute atomic E-state index is 11.8. The SMILES string of the molecule is CC(=O)O[C@@H]1[C@@H](OC(C)=O)[C@@H](Oc2cnccc2-c2cccnc2)SC[C@H]1OC(C)=O. The lowest BCUT2D eigenvalue weighted by Gasteiger charge is -2.40. The summed E-state index contributed by atoms with van der Waals surface area (Å²) in [5.74, 6) is -0.990. The summed E-state index contributed by atoms with van der Waals surface area (Å²) in [5.41, 5.74) is 0.829. The minimum atomic E-state index is -1.02. The van der Waals surface area contributed by atoms with Gasteiger partial charge in [0, 0.05) is 56.2 Å². The Morgan fingerprint density at radius 1 is 0.903 bits per heavy atom. The molecule has 0 saturated carbocycles. The van der Waals surface area contributed by atoms with Crippen molar-refractivity contribution >= 4 is 29.7 Å². The Morgan fingerprint density at radius 2 is 1.58 bits per heavy atom. The van der Waals surface area contributed by atoms with Crippen LogP contribution in [0.3, 0.4) is 0 Å². The van der Waals surface area contributed by atoms with E-state index in [0.717, 1.165) is 11.1 Å².